The summed E-state index contributed by atoms with van der Waals surface area (Å²) < 4.78 is 10.8. The molecule has 0 bridgehead atoms. The lowest BCUT2D eigenvalue weighted by Gasteiger charge is -2.38. The summed E-state index contributed by atoms with van der Waals surface area (Å²) >= 11 is 0. The van der Waals surface area contributed by atoms with Crippen molar-refractivity contribution < 1.29 is 14.3 Å². The van der Waals surface area contributed by atoms with E-state index in [2.05, 4.69) is 27.1 Å². The number of carbonyl (C=O) groups is 1. The Labute approximate surface area is 160 Å². The van der Waals surface area contributed by atoms with Crippen molar-refractivity contribution in [3.8, 4) is 5.88 Å². The molecule has 3 rings (SSSR count). The number of aromatic nitrogens is 2. The Balaban J connectivity index is 1.83. The van der Waals surface area contributed by atoms with E-state index in [0.29, 0.717) is 18.3 Å². The first kappa shape index (κ1) is 19.2. The SMILES string of the molecule is COc1ncc(N2C[C@@H](C)C[C@@H](NC(=O)OC(C)(C)C)C2)c2cccnc12. The number of amides is 1. The molecule has 2 atom stereocenters. The molecule has 1 amide bonds. The average molecular weight is 372 g/mol. The number of methoxy groups -OCH3 is 1. The normalized spacial score (nSPS) is 20.4. The van der Waals surface area contributed by atoms with Crippen LogP contribution in [0.5, 0.6) is 5.88 Å². The molecule has 1 aliphatic rings. The number of anilines is 1. The second-order valence-corrected chi connectivity index (χ2v) is 8.14. The predicted octanol–water partition coefficient (Wildman–Crippen LogP) is 3.38. The van der Waals surface area contributed by atoms with Gasteiger partial charge in [0.15, 0.2) is 0 Å². The number of nitrogens with one attached hydrogen (secondary N) is 1. The third kappa shape index (κ3) is 4.59. The Kier molecular flexibility index (Phi) is 5.39. The van der Waals surface area contributed by atoms with Gasteiger partial charge in [0.1, 0.15) is 11.1 Å². The van der Waals surface area contributed by atoms with Crippen LogP contribution in [0.3, 0.4) is 0 Å². The standard InChI is InChI=1S/C20H28N4O3/c1-13-9-14(23-19(25)27-20(2,3)4)12-24(11-13)16-10-22-18(26-5)17-15(16)7-6-8-21-17/h6-8,10,13-14H,9,11-12H2,1-5H3,(H,23,25)/t13-,14+/m0/s1. The van der Waals surface area contributed by atoms with E-state index >= 15 is 0 Å². The largest absolute Gasteiger partial charge is 0.479 e. The summed E-state index contributed by atoms with van der Waals surface area (Å²) in [5.74, 6) is 0.940. The summed E-state index contributed by atoms with van der Waals surface area (Å²) in [6, 6.07) is 3.95. The Bertz CT molecular complexity index is 818. The van der Waals surface area contributed by atoms with Crippen molar-refractivity contribution in [1.29, 1.82) is 0 Å². The molecule has 0 aliphatic carbocycles. The summed E-state index contributed by atoms with van der Waals surface area (Å²) in [4.78, 5) is 23.3. The number of rotatable bonds is 3. The van der Waals surface area contributed by atoms with Gasteiger partial charge >= 0.3 is 6.09 Å². The molecule has 0 radical (unpaired) electrons. The van der Waals surface area contributed by atoms with E-state index in [9.17, 15) is 4.79 Å². The van der Waals surface area contributed by atoms with Gasteiger partial charge in [0, 0.05) is 30.7 Å². The maximum Gasteiger partial charge on any atom is 0.407 e. The molecular weight excluding hydrogens is 344 g/mol. The molecule has 0 aromatic carbocycles. The monoisotopic (exact) mass is 372 g/mol. The summed E-state index contributed by atoms with van der Waals surface area (Å²) in [6.07, 6.45) is 4.10. The van der Waals surface area contributed by atoms with E-state index in [1.807, 2.05) is 39.1 Å². The van der Waals surface area contributed by atoms with Crippen LogP contribution in [0.2, 0.25) is 0 Å². The van der Waals surface area contributed by atoms with Gasteiger partial charge in [0.25, 0.3) is 0 Å². The van der Waals surface area contributed by atoms with Crippen LogP contribution in [0, 0.1) is 5.92 Å². The first-order valence-electron chi connectivity index (χ1n) is 9.29. The van der Waals surface area contributed by atoms with Gasteiger partial charge < -0.3 is 19.7 Å². The average Bonchev–Trinajstić information content (AvgIpc) is 2.58. The van der Waals surface area contributed by atoms with E-state index in [4.69, 9.17) is 9.47 Å². The highest BCUT2D eigenvalue weighted by Crippen LogP contribution is 2.32. The number of alkyl carbamates (subject to hydrolysis) is 1. The summed E-state index contributed by atoms with van der Waals surface area (Å²) in [5, 5.41) is 4.01. The molecule has 7 nitrogen and oxygen atoms in total. The summed E-state index contributed by atoms with van der Waals surface area (Å²) in [5.41, 5.74) is 1.24. The Morgan fingerprint density at radius 3 is 2.78 bits per heavy atom. The van der Waals surface area contributed by atoms with E-state index in [1.165, 1.54) is 0 Å². The second kappa shape index (κ2) is 7.58. The number of piperidine rings is 1. The van der Waals surface area contributed by atoms with Crippen LogP contribution in [-0.2, 0) is 4.74 Å². The third-order valence-corrected chi connectivity index (χ3v) is 4.50. The van der Waals surface area contributed by atoms with Crippen LogP contribution >= 0.6 is 0 Å². The fourth-order valence-corrected chi connectivity index (χ4v) is 3.56. The van der Waals surface area contributed by atoms with Crippen LogP contribution in [0.4, 0.5) is 10.5 Å². The number of fused-ring (bicyclic) bond motifs is 1. The predicted molar refractivity (Wildman–Crippen MR) is 105 cm³/mol. The zero-order valence-corrected chi connectivity index (χ0v) is 16.7. The molecule has 2 aromatic rings. The van der Waals surface area contributed by atoms with Gasteiger partial charge in [-0.3, -0.25) is 4.98 Å². The Morgan fingerprint density at radius 2 is 2.07 bits per heavy atom. The minimum Gasteiger partial charge on any atom is -0.479 e. The summed E-state index contributed by atoms with van der Waals surface area (Å²) in [7, 11) is 1.60. The highest BCUT2D eigenvalue weighted by Gasteiger charge is 2.29. The van der Waals surface area contributed by atoms with Gasteiger partial charge in [-0.05, 0) is 45.2 Å². The van der Waals surface area contributed by atoms with Crippen molar-refractivity contribution in [2.75, 3.05) is 25.1 Å². The maximum atomic E-state index is 12.2. The van der Waals surface area contributed by atoms with Crippen LogP contribution in [0.15, 0.2) is 24.5 Å². The molecule has 1 saturated heterocycles. The molecule has 7 heteroatoms. The first-order valence-corrected chi connectivity index (χ1v) is 9.29. The molecule has 0 spiro atoms. The maximum absolute atomic E-state index is 12.2. The molecule has 0 unspecified atom stereocenters. The number of nitrogens with zero attached hydrogens (tertiary/aromatic N) is 3. The zero-order chi connectivity index (χ0) is 19.6. The molecule has 146 valence electrons. The second-order valence-electron chi connectivity index (χ2n) is 8.14. The number of ether oxygens (including phenoxy) is 2. The number of carbonyl (C=O) groups excluding carboxylic acids is 1. The minimum absolute atomic E-state index is 0.0115. The van der Waals surface area contributed by atoms with Gasteiger partial charge in [-0.15, -0.1) is 0 Å². The smallest absolute Gasteiger partial charge is 0.407 e. The van der Waals surface area contributed by atoms with Gasteiger partial charge in [-0.25, -0.2) is 9.78 Å². The van der Waals surface area contributed by atoms with Gasteiger partial charge in [-0.1, -0.05) is 6.92 Å². The van der Waals surface area contributed by atoms with Crippen LogP contribution < -0.4 is 15.0 Å². The fraction of sp³-hybridized carbons (Fsp3) is 0.550. The third-order valence-electron chi connectivity index (χ3n) is 4.50. The zero-order valence-electron chi connectivity index (χ0n) is 16.7. The molecular formula is C20H28N4O3. The van der Waals surface area contributed by atoms with Crippen molar-refractivity contribution in [2.24, 2.45) is 5.92 Å². The minimum atomic E-state index is -0.508. The van der Waals surface area contributed by atoms with Crippen LogP contribution in [0.25, 0.3) is 10.9 Å². The molecule has 3 heterocycles. The van der Waals surface area contributed by atoms with Crippen molar-refractivity contribution >= 4 is 22.7 Å². The van der Waals surface area contributed by atoms with Crippen molar-refractivity contribution in [3.05, 3.63) is 24.5 Å². The molecule has 0 saturated carbocycles. The molecule has 1 fully saturated rings. The van der Waals surface area contributed by atoms with Gasteiger partial charge in [0.05, 0.1) is 19.0 Å². The highest BCUT2D eigenvalue weighted by atomic mass is 16.6. The molecule has 27 heavy (non-hydrogen) atoms. The highest BCUT2D eigenvalue weighted by molar-refractivity contribution is 5.94. The number of hydrogen-bond donors (Lipinski definition) is 1. The number of pyridine rings is 2. The van der Waals surface area contributed by atoms with E-state index in [-0.39, 0.29) is 12.1 Å². The lowest BCUT2D eigenvalue weighted by atomic mass is 9.95. The molecule has 1 N–H and O–H groups in total. The fourth-order valence-electron chi connectivity index (χ4n) is 3.56. The summed E-state index contributed by atoms with van der Waals surface area (Å²) in [6.45, 7) is 9.37. The Morgan fingerprint density at radius 1 is 1.30 bits per heavy atom. The molecule has 2 aromatic heterocycles. The lowest BCUT2D eigenvalue weighted by molar-refractivity contribution is 0.0495. The van der Waals surface area contributed by atoms with Crippen molar-refractivity contribution in [2.45, 2.75) is 45.8 Å². The van der Waals surface area contributed by atoms with E-state index < -0.39 is 5.60 Å². The van der Waals surface area contributed by atoms with Crippen LogP contribution in [-0.4, -0.2) is 47.9 Å². The van der Waals surface area contributed by atoms with E-state index in [0.717, 1.165) is 29.6 Å². The van der Waals surface area contributed by atoms with Crippen LogP contribution in [0.1, 0.15) is 34.1 Å². The molecule has 1 aliphatic heterocycles. The number of hydrogen-bond acceptors (Lipinski definition) is 6. The van der Waals surface area contributed by atoms with E-state index in [1.54, 1.807) is 13.3 Å². The quantitative estimate of drug-likeness (QED) is 0.890. The Hall–Kier alpha value is -2.57. The first-order chi connectivity index (χ1) is 12.8. The van der Waals surface area contributed by atoms with Crippen molar-refractivity contribution in [1.82, 2.24) is 15.3 Å². The topological polar surface area (TPSA) is 76.6 Å². The van der Waals surface area contributed by atoms with Crippen molar-refractivity contribution in [3.63, 3.8) is 0 Å². The van der Waals surface area contributed by atoms with Gasteiger partial charge in [0.2, 0.25) is 5.88 Å². The van der Waals surface area contributed by atoms with Gasteiger partial charge in [-0.2, -0.15) is 0 Å². The lowest BCUT2D eigenvalue weighted by Crippen LogP contribution is -2.51.